The van der Waals surface area contributed by atoms with Crippen molar-refractivity contribution in [1.29, 1.82) is 0 Å². The summed E-state index contributed by atoms with van der Waals surface area (Å²) >= 11 is 0. The zero-order valence-electron chi connectivity index (χ0n) is 12.1. The number of Topliss-reactive ketones (excluding diaryl/α,β-unsaturated/α-hetero) is 1. The Morgan fingerprint density at radius 3 is 2.12 bits per heavy atom. The van der Waals surface area contributed by atoms with Gasteiger partial charge in [-0.2, -0.15) is 0 Å². The lowest BCUT2D eigenvalue weighted by molar-refractivity contribution is -0.132. The van der Waals surface area contributed by atoms with Gasteiger partial charge in [-0.25, -0.2) is 0 Å². The minimum Gasteiger partial charge on any atom is -0.304 e. The first-order valence-electron chi connectivity index (χ1n) is 6.57. The number of carbonyl (C=O) groups excluding carboxylic acids is 1. The SMILES string of the molecule is CC.CC1CC(C(=O)C(C)(C)C)CCN1C. The minimum atomic E-state index is -0.166. The van der Waals surface area contributed by atoms with Crippen LogP contribution in [-0.4, -0.2) is 30.3 Å². The molecule has 1 fully saturated rings. The van der Waals surface area contributed by atoms with E-state index in [2.05, 4.69) is 18.9 Å². The molecule has 0 amide bonds. The molecule has 1 aliphatic rings. The van der Waals surface area contributed by atoms with Crippen LogP contribution in [0.3, 0.4) is 0 Å². The predicted octanol–water partition coefficient (Wildman–Crippen LogP) is 3.36. The van der Waals surface area contributed by atoms with Crippen LogP contribution in [0.2, 0.25) is 0 Å². The molecule has 96 valence electrons. The second-order valence-corrected chi connectivity index (χ2v) is 5.67. The van der Waals surface area contributed by atoms with Crippen molar-refractivity contribution in [2.45, 2.75) is 60.4 Å². The van der Waals surface area contributed by atoms with E-state index >= 15 is 0 Å². The summed E-state index contributed by atoms with van der Waals surface area (Å²) in [6.07, 6.45) is 2.07. The van der Waals surface area contributed by atoms with Crippen molar-refractivity contribution < 1.29 is 4.79 Å². The van der Waals surface area contributed by atoms with Gasteiger partial charge in [-0.15, -0.1) is 0 Å². The fourth-order valence-electron chi connectivity index (χ4n) is 2.14. The van der Waals surface area contributed by atoms with Crippen molar-refractivity contribution in [2.24, 2.45) is 11.3 Å². The second kappa shape index (κ2) is 6.39. The topological polar surface area (TPSA) is 20.3 Å². The maximum absolute atomic E-state index is 12.1. The van der Waals surface area contributed by atoms with Crippen LogP contribution >= 0.6 is 0 Å². The van der Waals surface area contributed by atoms with E-state index < -0.39 is 0 Å². The number of nitrogens with zero attached hydrogens (tertiary/aromatic N) is 1. The molecule has 0 bridgehead atoms. The molecule has 0 saturated carbocycles. The summed E-state index contributed by atoms with van der Waals surface area (Å²) in [4.78, 5) is 14.4. The Hall–Kier alpha value is -0.370. The van der Waals surface area contributed by atoms with Crippen molar-refractivity contribution in [3.05, 3.63) is 0 Å². The molecule has 2 atom stereocenters. The number of ketones is 1. The van der Waals surface area contributed by atoms with Gasteiger partial charge in [0.2, 0.25) is 0 Å². The molecule has 0 aromatic rings. The highest BCUT2D eigenvalue weighted by Crippen LogP contribution is 2.29. The molecule has 2 unspecified atom stereocenters. The minimum absolute atomic E-state index is 0.166. The number of carbonyl (C=O) groups is 1. The van der Waals surface area contributed by atoms with Gasteiger partial charge in [-0.3, -0.25) is 4.79 Å². The maximum Gasteiger partial charge on any atom is 0.141 e. The number of hydrogen-bond acceptors (Lipinski definition) is 2. The Balaban J connectivity index is 0.00000106. The van der Waals surface area contributed by atoms with Crippen LogP contribution in [-0.2, 0) is 4.79 Å². The number of likely N-dealkylation sites (tertiary alicyclic amines) is 1. The molecule has 0 aromatic heterocycles. The molecule has 1 heterocycles. The fourth-order valence-corrected chi connectivity index (χ4v) is 2.14. The highest BCUT2D eigenvalue weighted by atomic mass is 16.1. The third kappa shape index (κ3) is 4.25. The van der Waals surface area contributed by atoms with Crippen LogP contribution in [0, 0.1) is 11.3 Å². The molecule has 0 radical (unpaired) electrons. The van der Waals surface area contributed by atoms with Crippen molar-refractivity contribution in [3.8, 4) is 0 Å². The second-order valence-electron chi connectivity index (χ2n) is 5.67. The molecule has 0 spiro atoms. The van der Waals surface area contributed by atoms with Crippen LogP contribution in [0.4, 0.5) is 0 Å². The van der Waals surface area contributed by atoms with Crippen LogP contribution in [0.1, 0.15) is 54.4 Å². The first kappa shape index (κ1) is 15.6. The molecule has 2 nitrogen and oxygen atoms in total. The fraction of sp³-hybridized carbons (Fsp3) is 0.929. The lowest BCUT2D eigenvalue weighted by Crippen LogP contribution is -2.42. The average molecular weight is 227 g/mol. The standard InChI is InChI=1S/C12H23NO.C2H6/c1-9-8-10(6-7-13(9)5)11(14)12(2,3)4;1-2/h9-10H,6-8H2,1-5H3;1-2H3. The quantitative estimate of drug-likeness (QED) is 0.684. The Morgan fingerprint density at radius 2 is 1.75 bits per heavy atom. The molecular weight excluding hydrogens is 198 g/mol. The maximum atomic E-state index is 12.1. The lowest BCUT2D eigenvalue weighted by atomic mass is 9.77. The van der Waals surface area contributed by atoms with Gasteiger partial charge >= 0.3 is 0 Å². The van der Waals surface area contributed by atoms with Crippen LogP contribution in [0.15, 0.2) is 0 Å². The first-order chi connectivity index (χ1) is 7.32. The van der Waals surface area contributed by atoms with Gasteiger partial charge in [0, 0.05) is 17.4 Å². The van der Waals surface area contributed by atoms with Gasteiger partial charge in [0.25, 0.3) is 0 Å². The number of hydrogen-bond donors (Lipinski definition) is 0. The van der Waals surface area contributed by atoms with Crippen molar-refractivity contribution in [2.75, 3.05) is 13.6 Å². The van der Waals surface area contributed by atoms with Gasteiger partial charge in [0.15, 0.2) is 0 Å². The first-order valence-corrected chi connectivity index (χ1v) is 6.57. The molecule has 16 heavy (non-hydrogen) atoms. The zero-order valence-corrected chi connectivity index (χ0v) is 12.1. The van der Waals surface area contributed by atoms with Crippen molar-refractivity contribution >= 4 is 5.78 Å². The van der Waals surface area contributed by atoms with Crippen LogP contribution in [0.25, 0.3) is 0 Å². The van der Waals surface area contributed by atoms with Gasteiger partial charge in [0.1, 0.15) is 5.78 Å². The number of piperidine rings is 1. The van der Waals surface area contributed by atoms with E-state index in [0.717, 1.165) is 19.4 Å². The van der Waals surface area contributed by atoms with Crippen molar-refractivity contribution in [3.63, 3.8) is 0 Å². The molecule has 1 aliphatic heterocycles. The summed E-state index contributed by atoms with van der Waals surface area (Å²) < 4.78 is 0. The Kier molecular flexibility index (Phi) is 6.24. The molecule has 2 heteroatoms. The predicted molar refractivity (Wildman–Crippen MR) is 70.6 cm³/mol. The van der Waals surface area contributed by atoms with Crippen LogP contribution in [0.5, 0.6) is 0 Å². The summed E-state index contributed by atoms with van der Waals surface area (Å²) in [5.41, 5.74) is -0.166. The van der Waals surface area contributed by atoms with E-state index in [0.29, 0.717) is 17.7 Å². The average Bonchev–Trinajstić information content (AvgIpc) is 2.23. The van der Waals surface area contributed by atoms with Gasteiger partial charge in [0.05, 0.1) is 0 Å². The normalized spacial score (nSPS) is 26.9. The third-order valence-corrected chi connectivity index (χ3v) is 3.32. The molecule has 0 aromatic carbocycles. The Bertz CT molecular complexity index is 217. The highest BCUT2D eigenvalue weighted by molar-refractivity contribution is 5.86. The van der Waals surface area contributed by atoms with Crippen molar-refractivity contribution in [1.82, 2.24) is 4.90 Å². The van der Waals surface area contributed by atoms with Gasteiger partial charge in [-0.1, -0.05) is 34.6 Å². The summed E-state index contributed by atoms with van der Waals surface area (Å²) in [5.74, 6) is 0.735. The van der Waals surface area contributed by atoms with Crippen LogP contribution < -0.4 is 0 Å². The molecule has 0 aliphatic carbocycles. The third-order valence-electron chi connectivity index (χ3n) is 3.32. The Morgan fingerprint density at radius 1 is 1.25 bits per heavy atom. The summed E-state index contributed by atoms with van der Waals surface area (Å²) in [6.45, 7) is 13.4. The summed E-state index contributed by atoms with van der Waals surface area (Å²) in [7, 11) is 2.14. The van der Waals surface area contributed by atoms with Gasteiger partial charge < -0.3 is 4.90 Å². The molecule has 1 rings (SSSR count). The van der Waals surface area contributed by atoms with Gasteiger partial charge in [-0.05, 0) is 33.4 Å². The molecule has 0 N–H and O–H groups in total. The summed E-state index contributed by atoms with van der Waals surface area (Å²) in [6, 6.07) is 0.556. The molecule has 1 saturated heterocycles. The van der Waals surface area contributed by atoms with E-state index in [-0.39, 0.29) is 5.41 Å². The largest absolute Gasteiger partial charge is 0.304 e. The summed E-state index contributed by atoms with van der Waals surface area (Å²) in [5, 5.41) is 0. The van der Waals surface area contributed by atoms with E-state index in [4.69, 9.17) is 0 Å². The molecular formula is C14H29NO. The lowest BCUT2D eigenvalue weighted by Gasteiger charge is -2.36. The Labute approximate surface area is 101 Å². The smallest absolute Gasteiger partial charge is 0.141 e. The van der Waals surface area contributed by atoms with E-state index in [1.54, 1.807) is 0 Å². The monoisotopic (exact) mass is 227 g/mol. The zero-order chi connectivity index (χ0) is 12.9. The van der Waals surface area contributed by atoms with E-state index in [1.807, 2.05) is 34.6 Å². The van der Waals surface area contributed by atoms with E-state index in [9.17, 15) is 4.79 Å². The number of rotatable bonds is 1. The van der Waals surface area contributed by atoms with E-state index in [1.165, 1.54) is 0 Å². The highest BCUT2D eigenvalue weighted by Gasteiger charge is 2.33.